The van der Waals surface area contributed by atoms with Crippen molar-refractivity contribution in [1.82, 2.24) is 9.80 Å². The highest BCUT2D eigenvalue weighted by molar-refractivity contribution is 5.78. The van der Waals surface area contributed by atoms with E-state index in [0.717, 1.165) is 24.3 Å². The number of amides is 1. The number of nitrogens with zero attached hydrogens (tertiary/aromatic N) is 2. The SMILES string of the molecule is COc1cccc2c1CN(C(=O)CN(C)C)CC2. The van der Waals surface area contributed by atoms with E-state index >= 15 is 0 Å². The molecule has 0 aromatic heterocycles. The van der Waals surface area contributed by atoms with Crippen molar-refractivity contribution in [2.75, 3.05) is 34.3 Å². The Morgan fingerprint density at radius 3 is 2.89 bits per heavy atom. The molecule has 0 N–H and O–H groups in total. The summed E-state index contributed by atoms with van der Waals surface area (Å²) in [5.74, 6) is 1.06. The molecule has 1 aromatic rings. The molecular formula is C14H20N2O2. The summed E-state index contributed by atoms with van der Waals surface area (Å²) in [6.45, 7) is 1.92. The molecule has 0 unspecified atom stereocenters. The molecular weight excluding hydrogens is 228 g/mol. The second kappa shape index (κ2) is 5.40. The van der Waals surface area contributed by atoms with Crippen LogP contribution >= 0.6 is 0 Å². The zero-order valence-electron chi connectivity index (χ0n) is 11.3. The van der Waals surface area contributed by atoms with Gasteiger partial charge < -0.3 is 14.5 Å². The molecule has 0 saturated heterocycles. The smallest absolute Gasteiger partial charge is 0.237 e. The maximum Gasteiger partial charge on any atom is 0.237 e. The van der Waals surface area contributed by atoms with Crippen molar-refractivity contribution >= 4 is 5.91 Å². The van der Waals surface area contributed by atoms with Crippen LogP contribution in [0.3, 0.4) is 0 Å². The first-order chi connectivity index (χ1) is 8.61. The van der Waals surface area contributed by atoms with E-state index in [1.807, 2.05) is 36.0 Å². The van der Waals surface area contributed by atoms with Gasteiger partial charge >= 0.3 is 0 Å². The molecule has 0 saturated carbocycles. The fraction of sp³-hybridized carbons (Fsp3) is 0.500. The molecule has 4 heteroatoms. The number of carbonyl (C=O) groups is 1. The van der Waals surface area contributed by atoms with Gasteiger partial charge in [-0.1, -0.05) is 12.1 Å². The number of carbonyl (C=O) groups excluding carboxylic acids is 1. The third-order valence-corrected chi connectivity index (χ3v) is 3.25. The molecule has 1 aromatic carbocycles. The van der Waals surface area contributed by atoms with Gasteiger partial charge in [0.2, 0.25) is 5.91 Å². The largest absolute Gasteiger partial charge is 0.496 e. The monoisotopic (exact) mass is 248 g/mol. The average Bonchev–Trinajstić information content (AvgIpc) is 2.36. The van der Waals surface area contributed by atoms with Crippen LogP contribution in [0.1, 0.15) is 11.1 Å². The standard InChI is InChI=1S/C14H20N2O2/c1-15(2)10-14(17)16-8-7-11-5-4-6-13(18-3)12(11)9-16/h4-6H,7-10H2,1-3H3. The summed E-state index contributed by atoms with van der Waals surface area (Å²) in [7, 11) is 5.50. The van der Waals surface area contributed by atoms with Crippen LogP contribution in [0.15, 0.2) is 18.2 Å². The fourth-order valence-corrected chi connectivity index (χ4v) is 2.32. The van der Waals surface area contributed by atoms with E-state index in [2.05, 4.69) is 6.07 Å². The van der Waals surface area contributed by atoms with Crippen LogP contribution in [-0.4, -0.2) is 50.0 Å². The second-order valence-corrected chi connectivity index (χ2v) is 4.90. The van der Waals surface area contributed by atoms with Gasteiger partial charge in [0.25, 0.3) is 0 Å². The van der Waals surface area contributed by atoms with Crippen LogP contribution in [0.2, 0.25) is 0 Å². The van der Waals surface area contributed by atoms with Gasteiger partial charge in [0.1, 0.15) is 5.75 Å². The molecule has 4 nitrogen and oxygen atoms in total. The van der Waals surface area contributed by atoms with Crippen LogP contribution in [-0.2, 0) is 17.8 Å². The normalized spacial score (nSPS) is 14.6. The minimum absolute atomic E-state index is 0.177. The molecule has 1 aliphatic rings. The summed E-state index contributed by atoms with van der Waals surface area (Å²) in [6.07, 6.45) is 0.908. The highest BCUT2D eigenvalue weighted by Gasteiger charge is 2.23. The Labute approximate surface area is 108 Å². The van der Waals surface area contributed by atoms with Crippen LogP contribution < -0.4 is 4.74 Å². The number of fused-ring (bicyclic) bond motifs is 1. The molecule has 1 amide bonds. The van der Waals surface area contributed by atoms with Gasteiger partial charge in [0, 0.05) is 18.7 Å². The third kappa shape index (κ3) is 2.64. The Kier molecular flexibility index (Phi) is 3.87. The molecule has 0 atom stereocenters. The number of hydrogen-bond acceptors (Lipinski definition) is 3. The number of benzene rings is 1. The lowest BCUT2D eigenvalue weighted by molar-refractivity contribution is -0.132. The van der Waals surface area contributed by atoms with E-state index in [1.165, 1.54) is 5.56 Å². The summed E-state index contributed by atoms with van der Waals surface area (Å²) in [5, 5.41) is 0. The number of hydrogen-bond donors (Lipinski definition) is 0. The first-order valence-corrected chi connectivity index (χ1v) is 6.19. The highest BCUT2D eigenvalue weighted by Crippen LogP contribution is 2.27. The van der Waals surface area contributed by atoms with Crippen molar-refractivity contribution in [3.63, 3.8) is 0 Å². The van der Waals surface area contributed by atoms with Crippen molar-refractivity contribution in [2.24, 2.45) is 0 Å². The Morgan fingerprint density at radius 2 is 2.22 bits per heavy atom. The molecule has 1 aliphatic heterocycles. The van der Waals surface area contributed by atoms with Gasteiger partial charge in [-0.05, 0) is 32.1 Å². The number of likely N-dealkylation sites (N-methyl/N-ethyl adjacent to an activating group) is 1. The molecule has 0 spiro atoms. The first kappa shape index (κ1) is 12.9. The van der Waals surface area contributed by atoms with E-state index in [9.17, 15) is 4.79 Å². The summed E-state index contributed by atoms with van der Waals surface area (Å²) < 4.78 is 5.37. The Bertz CT molecular complexity index is 429. The summed E-state index contributed by atoms with van der Waals surface area (Å²) >= 11 is 0. The van der Waals surface area contributed by atoms with Crippen LogP contribution in [0.5, 0.6) is 5.75 Å². The fourth-order valence-electron chi connectivity index (χ4n) is 2.32. The van der Waals surface area contributed by atoms with E-state index in [0.29, 0.717) is 13.1 Å². The molecule has 0 aliphatic carbocycles. The summed E-state index contributed by atoms with van der Waals surface area (Å²) in [5.41, 5.74) is 2.45. The number of ether oxygens (including phenoxy) is 1. The average molecular weight is 248 g/mol. The lowest BCUT2D eigenvalue weighted by atomic mass is 9.99. The predicted octanol–water partition coefficient (Wildman–Crippen LogP) is 1.14. The first-order valence-electron chi connectivity index (χ1n) is 6.19. The number of methoxy groups -OCH3 is 1. The topological polar surface area (TPSA) is 32.8 Å². The maximum absolute atomic E-state index is 12.1. The van der Waals surface area contributed by atoms with Gasteiger partial charge in [0.05, 0.1) is 13.7 Å². The molecule has 1 heterocycles. The van der Waals surface area contributed by atoms with Crippen LogP contribution in [0.4, 0.5) is 0 Å². The van der Waals surface area contributed by atoms with E-state index in [-0.39, 0.29) is 5.91 Å². The lowest BCUT2D eigenvalue weighted by Gasteiger charge is -2.30. The van der Waals surface area contributed by atoms with E-state index in [1.54, 1.807) is 7.11 Å². The van der Waals surface area contributed by atoms with Gasteiger partial charge in [0.15, 0.2) is 0 Å². The highest BCUT2D eigenvalue weighted by atomic mass is 16.5. The molecule has 0 bridgehead atoms. The van der Waals surface area contributed by atoms with Crippen LogP contribution in [0.25, 0.3) is 0 Å². The van der Waals surface area contributed by atoms with Gasteiger partial charge in [-0.15, -0.1) is 0 Å². The Balaban J connectivity index is 2.16. The minimum atomic E-state index is 0.177. The zero-order chi connectivity index (χ0) is 13.1. The van der Waals surface area contributed by atoms with Gasteiger partial charge in [-0.3, -0.25) is 4.79 Å². The van der Waals surface area contributed by atoms with E-state index in [4.69, 9.17) is 4.74 Å². The van der Waals surface area contributed by atoms with Crippen molar-refractivity contribution in [3.05, 3.63) is 29.3 Å². The van der Waals surface area contributed by atoms with Gasteiger partial charge in [-0.2, -0.15) is 0 Å². The second-order valence-electron chi connectivity index (χ2n) is 4.90. The molecule has 0 radical (unpaired) electrons. The molecule has 18 heavy (non-hydrogen) atoms. The number of rotatable bonds is 3. The molecule has 98 valence electrons. The third-order valence-electron chi connectivity index (χ3n) is 3.25. The quantitative estimate of drug-likeness (QED) is 0.804. The van der Waals surface area contributed by atoms with E-state index < -0.39 is 0 Å². The summed E-state index contributed by atoms with van der Waals surface area (Å²) in [4.78, 5) is 15.9. The summed E-state index contributed by atoms with van der Waals surface area (Å²) in [6, 6.07) is 6.08. The van der Waals surface area contributed by atoms with Crippen molar-refractivity contribution < 1.29 is 9.53 Å². The minimum Gasteiger partial charge on any atom is -0.496 e. The Morgan fingerprint density at radius 1 is 1.44 bits per heavy atom. The maximum atomic E-state index is 12.1. The zero-order valence-corrected chi connectivity index (χ0v) is 11.3. The molecule has 2 rings (SSSR count). The van der Waals surface area contributed by atoms with Crippen molar-refractivity contribution in [1.29, 1.82) is 0 Å². The van der Waals surface area contributed by atoms with Crippen molar-refractivity contribution in [3.8, 4) is 5.75 Å². The lowest BCUT2D eigenvalue weighted by Crippen LogP contribution is -2.40. The predicted molar refractivity (Wildman–Crippen MR) is 70.7 cm³/mol. The Hall–Kier alpha value is -1.55. The van der Waals surface area contributed by atoms with Crippen molar-refractivity contribution in [2.45, 2.75) is 13.0 Å². The van der Waals surface area contributed by atoms with Gasteiger partial charge in [-0.25, -0.2) is 0 Å². The van der Waals surface area contributed by atoms with Crippen LogP contribution in [0, 0.1) is 0 Å². The molecule has 0 fully saturated rings.